The summed E-state index contributed by atoms with van der Waals surface area (Å²) in [6, 6.07) is 12.2. The van der Waals surface area contributed by atoms with Gasteiger partial charge in [0.25, 0.3) is 10.0 Å². The van der Waals surface area contributed by atoms with Gasteiger partial charge in [-0.05, 0) is 45.0 Å². The van der Waals surface area contributed by atoms with Gasteiger partial charge >= 0.3 is 0 Å². The Morgan fingerprint density at radius 1 is 0.793 bits per heavy atom. The molecule has 1 atom stereocenters. The van der Waals surface area contributed by atoms with Crippen molar-refractivity contribution in [3.05, 3.63) is 64.7 Å². The first-order valence-corrected chi connectivity index (χ1v) is 12.4. The van der Waals surface area contributed by atoms with Gasteiger partial charge in [-0.15, -0.1) is 10.2 Å². The van der Waals surface area contributed by atoms with E-state index in [2.05, 4.69) is 19.6 Å². The van der Waals surface area contributed by atoms with Gasteiger partial charge in [-0.3, -0.25) is 4.72 Å². The molecule has 3 rings (SSSR count). The van der Waals surface area contributed by atoms with Crippen LogP contribution in [0.5, 0.6) is 0 Å². The van der Waals surface area contributed by atoms with Gasteiger partial charge in [0.05, 0.1) is 15.8 Å². The molecule has 1 heterocycles. The molecule has 0 amide bonds. The quantitative estimate of drug-likeness (QED) is 0.569. The Kier molecular flexibility index (Phi) is 6.03. The fourth-order valence-corrected chi connectivity index (χ4v) is 5.67. The summed E-state index contributed by atoms with van der Waals surface area (Å²) in [7, 11) is -7.55. The molecular weight excluding hydrogens is 432 g/mol. The molecule has 11 heteroatoms. The molecule has 0 spiro atoms. The molecule has 1 aromatic heterocycles. The Bertz CT molecular complexity index is 1200. The van der Waals surface area contributed by atoms with Crippen LogP contribution in [-0.4, -0.2) is 27.0 Å². The number of nitrogens with one attached hydrogen (secondary N) is 2. The van der Waals surface area contributed by atoms with Gasteiger partial charge in [0.1, 0.15) is 5.01 Å². The molecule has 0 aliphatic carbocycles. The van der Waals surface area contributed by atoms with Crippen LogP contribution in [0, 0.1) is 13.8 Å². The van der Waals surface area contributed by atoms with Crippen molar-refractivity contribution in [1.82, 2.24) is 14.9 Å². The van der Waals surface area contributed by atoms with E-state index in [1.165, 1.54) is 24.3 Å². The monoisotopic (exact) mass is 452 g/mol. The minimum Gasteiger partial charge on any atom is -0.253 e. The van der Waals surface area contributed by atoms with E-state index < -0.39 is 26.1 Å². The van der Waals surface area contributed by atoms with Crippen molar-refractivity contribution in [3.63, 3.8) is 0 Å². The lowest BCUT2D eigenvalue weighted by molar-refractivity contribution is 0.565. The molecule has 2 N–H and O–H groups in total. The Morgan fingerprint density at radius 3 is 1.79 bits per heavy atom. The first-order chi connectivity index (χ1) is 13.6. The number of aromatic nitrogens is 2. The molecule has 1 unspecified atom stereocenters. The Labute approximate surface area is 174 Å². The molecule has 0 aliphatic rings. The van der Waals surface area contributed by atoms with Crippen LogP contribution in [0.1, 0.15) is 29.1 Å². The molecule has 0 saturated carbocycles. The first kappa shape index (κ1) is 21.4. The van der Waals surface area contributed by atoms with Gasteiger partial charge in [0.15, 0.2) is 0 Å². The van der Waals surface area contributed by atoms with E-state index in [0.29, 0.717) is 5.01 Å². The van der Waals surface area contributed by atoms with E-state index in [1.807, 2.05) is 13.8 Å². The second-order valence-corrected chi connectivity index (χ2v) is 10.9. The fraction of sp³-hybridized carbons (Fsp3) is 0.222. The lowest BCUT2D eigenvalue weighted by Gasteiger charge is -2.11. The first-order valence-electron chi connectivity index (χ1n) is 8.59. The summed E-state index contributed by atoms with van der Waals surface area (Å²) < 4.78 is 54.8. The zero-order valence-corrected chi connectivity index (χ0v) is 18.4. The molecule has 0 bridgehead atoms. The number of aryl methyl sites for hydroxylation is 2. The van der Waals surface area contributed by atoms with Gasteiger partial charge in [-0.2, -0.15) is 0 Å². The molecule has 154 valence electrons. The molecule has 2 aromatic carbocycles. The van der Waals surface area contributed by atoms with Crippen LogP contribution in [-0.2, 0) is 20.0 Å². The number of anilines is 1. The zero-order chi connectivity index (χ0) is 21.2. The number of rotatable bonds is 7. The van der Waals surface area contributed by atoms with Crippen LogP contribution in [0.15, 0.2) is 58.3 Å². The third-order valence-electron chi connectivity index (χ3n) is 4.03. The number of benzene rings is 2. The predicted octanol–water partition coefficient (Wildman–Crippen LogP) is 3.00. The van der Waals surface area contributed by atoms with Gasteiger partial charge in [-0.1, -0.05) is 46.7 Å². The third-order valence-corrected chi connectivity index (χ3v) is 8.09. The van der Waals surface area contributed by atoms with E-state index in [9.17, 15) is 16.8 Å². The fourth-order valence-electron chi connectivity index (χ4n) is 2.41. The van der Waals surface area contributed by atoms with Crippen molar-refractivity contribution in [2.45, 2.75) is 36.6 Å². The molecule has 0 saturated heterocycles. The third kappa shape index (κ3) is 5.18. The number of sulfonamides is 2. The molecule has 3 aromatic rings. The van der Waals surface area contributed by atoms with Crippen molar-refractivity contribution in [1.29, 1.82) is 0 Å². The summed E-state index contributed by atoms with van der Waals surface area (Å²) in [5, 5.41) is 8.13. The number of hydrogen-bond donors (Lipinski definition) is 2. The Hall–Kier alpha value is -2.34. The average molecular weight is 453 g/mol. The summed E-state index contributed by atoms with van der Waals surface area (Å²) in [6.07, 6.45) is 0. The highest BCUT2D eigenvalue weighted by Crippen LogP contribution is 2.25. The maximum absolute atomic E-state index is 12.5. The number of hydrogen-bond acceptors (Lipinski definition) is 7. The van der Waals surface area contributed by atoms with Crippen LogP contribution >= 0.6 is 11.3 Å². The van der Waals surface area contributed by atoms with E-state index >= 15 is 0 Å². The summed E-state index contributed by atoms with van der Waals surface area (Å²) in [4.78, 5) is 0.243. The Morgan fingerprint density at radius 2 is 1.28 bits per heavy atom. The maximum atomic E-state index is 12.5. The topological polar surface area (TPSA) is 118 Å². The van der Waals surface area contributed by atoms with Crippen molar-refractivity contribution < 1.29 is 16.8 Å². The van der Waals surface area contributed by atoms with Crippen molar-refractivity contribution in [2.24, 2.45) is 0 Å². The minimum atomic E-state index is -3.81. The molecular formula is C18H20N4O4S3. The van der Waals surface area contributed by atoms with Gasteiger partial charge in [-0.25, -0.2) is 21.6 Å². The number of nitrogens with zero attached hydrogens (tertiary/aromatic N) is 2. The average Bonchev–Trinajstić information content (AvgIpc) is 3.10. The van der Waals surface area contributed by atoms with Gasteiger partial charge < -0.3 is 0 Å². The SMILES string of the molecule is Cc1ccc(S(=O)(=O)Nc2nnc(C(C)NS(=O)(=O)c3ccc(C)cc3)s2)cc1. The lowest BCUT2D eigenvalue weighted by atomic mass is 10.2. The van der Waals surface area contributed by atoms with E-state index in [0.717, 1.165) is 22.5 Å². The summed E-state index contributed by atoms with van der Waals surface area (Å²) in [5.74, 6) is 0. The standard InChI is InChI=1S/C18H20N4O4S3/c1-12-4-8-15(9-5-12)28(23,24)21-14(3)17-19-20-18(27-17)22-29(25,26)16-10-6-13(2)7-11-16/h4-11,14,21H,1-3H3,(H,20,22). The largest absolute Gasteiger partial charge is 0.263 e. The van der Waals surface area contributed by atoms with E-state index in [-0.39, 0.29) is 14.9 Å². The summed E-state index contributed by atoms with van der Waals surface area (Å²) in [6.45, 7) is 5.34. The molecule has 29 heavy (non-hydrogen) atoms. The molecule has 0 fully saturated rings. The Balaban J connectivity index is 1.73. The van der Waals surface area contributed by atoms with Crippen LogP contribution in [0.3, 0.4) is 0 Å². The van der Waals surface area contributed by atoms with Crippen LogP contribution in [0.25, 0.3) is 0 Å². The molecule has 0 aliphatic heterocycles. The zero-order valence-electron chi connectivity index (χ0n) is 15.9. The molecule has 0 radical (unpaired) electrons. The lowest BCUT2D eigenvalue weighted by Crippen LogP contribution is -2.26. The van der Waals surface area contributed by atoms with Crippen LogP contribution < -0.4 is 9.44 Å². The minimum absolute atomic E-state index is 0.0574. The van der Waals surface area contributed by atoms with Gasteiger partial charge in [0.2, 0.25) is 15.2 Å². The molecule has 8 nitrogen and oxygen atoms in total. The normalized spacial score (nSPS) is 13.2. The predicted molar refractivity (Wildman–Crippen MR) is 112 cm³/mol. The van der Waals surface area contributed by atoms with Gasteiger partial charge in [0, 0.05) is 0 Å². The van der Waals surface area contributed by atoms with Crippen molar-refractivity contribution in [3.8, 4) is 0 Å². The highest BCUT2D eigenvalue weighted by molar-refractivity contribution is 7.93. The van der Waals surface area contributed by atoms with Crippen molar-refractivity contribution >= 4 is 36.5 Å². The second-order valence-electron chi connectivity index (χ2n) is 6.52. The maximum Gasteiger partial charge on any atom is 0.263 e. The van der Waals surface area contributed by atoms with Crippen LogP contribution in [0.2, 0.25) is 0 Å². The highest BCUT2D eigenvalue weighted by Gasteiger charge is 2.22. The smallest absolute Gasteiger partial charge is 0.253 e. The van der Waals surface area contributed by atoms with Crippen molar-refractivity contribution in [2.75, 3.05) is 4.72 Å². The van der Waals surface area contributed by atoms with E-state index in [4.69, 9.17) is 0 Å². The summed E-state index contributed by atoms with van der Waals surface area (Å²) >= 11 is 0.965. The van der Waals surface area contributed by atoms with Crippen LogP contribution in [0.4, 0.5) is 5.13 Å². The van der Waals surface area contributed by atoms with E-state index in [1.54, 1.807) is 31.2 Å². The second kappa shape index (κ2) is 8.19. The highest BCUT2D eigenvalue weighted by atomic mass is 32.2. The summed E-state index contributed by atoms with van der Waals surface area (Å²) in [5.41, 5.74) is 1.89.